The maximum atomic E-state index is 13.7. The van der Waals surface area contributed by atoms with Crippen LogP contribution in [-0.4, -0.2) is 43.9 Å². The van der Waals surface area contributed by atoms with Gasteiger partial charge in [0.25, 0.3) is 11.9 Å². The van der Waals surface area contributed by atoms with Crippen LogP contribution in [0.1, 0.15) is 59.5 Å². The Kier molecular flexibility index (Phi) is 8.60. The summed E-state index contributed by atoms with van der Waals surface area (Å²) in [7, 11) is 0. The third-order valence-electron chi connectivity index (χ3n) is 7.48. The van der Waals surface area contributed by atoms with E-state index in [2.05, 4.69) is 41.0 Å². The molecular formula is C30H27F3N8O3S. The molecule has 232 valence electrons. The van der Waals surface area contributed by atoms with Crippen molar-refractivity contribution in [1.29, 1.82) is 0 Å². The zero-order valence-corrected chi connectivity index (χ0v) is 24.5. The molecule has 1 saturated carbocycles. The van der Waals surface area contributed by atoms with Crippen LogP contribution in [0.25, 0.3) is 10.2 Å². The van der Waals surface area contributed by atoms with Crippen LogP contribution in [0.4, 0.5) is 34.7 Å². The predicted molar refractivity (Wildman–Crippen MR) is 162 cm³/mol. The zero-order valence-electron chi connectivity index (χ0n) is 23.7. The van der Waals surface area contributed by atoms with Crippen LogP contribution in [0.5, 0.6) is 5.75 Å². The second kappa shape index (κ2) is 12.9. The van der Waals surface area contributed by atoms with E-state index in [9.17, 15) is 22.8 Å². The number of nitrogens with zero attached hydrogens (tertiary/aromatic N) is 5. The maximum Gasteiger partial charge on any atom is 0.573 e. The number of aromatic nitrogens is 5. The number of tetrazole rings is 1. The van der Waals surface area contributed by atoms with E-state index in [-0.39, 0.29) is 23.1 Å². The molecule has 1 fully saturated rings. The fourth-order valence-electron chi connectivity index (χ4n) is 5.32. The van der Waals surface area contributed by atoms with Crippen LogP contribution in [0.15, 0.2) is 66.7 Å². The molecule has 1 aliphatic rings. The summed E-state index contributed by atoms with van der Waals surface area (Å²) < 4.78 is 43.3. The highest BCUT2D eigenvalue weighted by Gasteiger charge is 2.32. The van der Waals surface area contributed by atoms with Crippen molar-refractivity contribution >= 4 is 50.3 Å². The van der Waals surface area contributed by atoms with Crippen molar-refractivity contribution in [2.45, 2.75) is 50.9 Å². The highest BCUT2D eigenvalue weighted by molar-refractivity contribution is 7.22. The average molecular weight is 637 g/mol. The van der Waals surface area contributed by atoms with E-state index in [1.807, 2.05) is 24.3 Å². The van der Waals surface area contributed by atoms with Gasteiger partial charge in [-0.05, 0) is 71.5 Å². The van der Waals surface area contributed by atoms with Gasteiger partial charge in [-0.2, -0.15) is 5.21 Å². The first-order chi connectivity index (χ1) is 21.7. The molecule has 2 aromatic heterocycles. The normalized spacial score (nSPS) is 13.8. The first kappa shape index (κ1) is 30.0. The Hall–Kier alpha value is -5.05. The quantitative estimate of drug-likeness (QED) is 0.163. The van der Waals surface area contributed by atoms with E-state index in [0.717, 1.165) is 29.7 Å². The molecule has 0 atom stereocenters. The molecule has 0 spiro atoms. The second-order valence-electron chi connectivity index (χ2n) is 10.5. The van der Waals surface area contributed by atoms with Crippen molar-refractivity contribution in [2.75, 3.05) is 15.5 Å². The number of urea groups is 1. The Morgan fingerprint density at radius 1 is 0.978 bits per heavy atom. The highest BCUT2D eigenvalue weighted by atomic mass is 32.1. The molecule has 5 aromatic rings. The molecule has 3 amide bonds. The molecule has 0 unspecified atom stereocenters. The average Bonchev–Trinajstić information content (AvgIpc) is 3.70. The van der Waals surface area contributed by atoms with Gasteiger partial charge in [-0.15, -0.1) is 18.3 Å². The molecular weight excluding hydrogens is 609 g/mol. The number of hydrogen-bond acceptors (Lipinski definition) is 8. The number of hydrogen-bond donors (Lipinski definition) is 3. The molecule has 0 bridgehead atoms. The molecule has 0 saturated heterocycles. The third-order valence-corrected chi connectivity index (χ3v) is 8.41. The summed E-state index contributed by atoms with van der Waals surface area (Å²) in [6.45, 7) is 0.134. The zero-order chi connectivity index (χ0) is 31.4. The van der Waals surface area contributed by atoms with Gasteiger partial charge in [-0.1, -0.05) is 66.0 Å². The van der Waals surface area contributed by atoms with Crippen molar-refractivity contribution in [2.24, 2.45) is 0 Å². The van der Waals surface area contributed by atoms with Gasteiger partial charge in [0.2, 0.25) is 0 Å². The topological polar surface area (TPSA) is 138 Å². The smallest absolute Gasteiger partial charge is 0.403 e. The van der Waals surface area contributed by atoms with Crippen LogP contribution in [-0.2, 0) is 6.54 Å². The van der Waals surface area contributed by atoms with Crippen LogP contribution < -0.4 is 20.3 Å². The third kappa shape index (κ3) is 7.37. The van der Waals surface area contributed by atoms with Gasteiger partial charge < -0.3 is 4.74 Å². The minimum Gasteiger partial charge on any atom is -0.403 e. The molecule has 0 aliphatic heterocycles. The van der Waals surface area contributed by atoms with Crippen molar-refractivity contribution in [1.82, 2.24) is 25.6 Å². The fraction of sp³-hybridized carbons (Fsp3) is 0.267. The van der Waals surface area contributed by atoms with Gasteiger partial charge in [0.1, 0.15) is 5.52 Å². The number of amides is 3. The summed E-state index contributed by atoms with van der Waals surface area (Å²) in [5.74, 6) is -0.358. The number of rotatable bonds is 8. The van der Waals surface area contributed by atoms with Crippen molar-refractivity contribution in [3.63, 3.8) is 0 Å². The van der Waals surface area contributed by atoms with Crippen LogP contribution in [0, 0.1) is 0 Å². The Morgan fingerprint density at radius 3 is 2.42 bits per heavy atom. The Labute approximate surface area is 258 Å². The van der Waals surface area contributed by atoms with E-state index in [1.165, 1.54) is 41.9 Å². The van der Waals surface area contributed by atoms with E-state index in [1.54, 1.807) is 30.3 Å². The van der Waals surface area contributed by atoms with Crippen molar-refractivity contribution < 1.29 is 27.5 Å². The maximum absolute atomic E-state index is 13.7. The number of H-pyrrole nitrogens is 1. The van der Waals surface area contributed by atoms with E-state index >= 15 is 0 Å². The van der Waals surface area contributed by atoms with Crippen molar-refractivity contribution in [3.8, 4) is 5.75 Å². The van der Waals surface area contributed by atoms with Gasteiger partial charge in [-0.3, -0.25) is 20.3 Å². The number of thiazole rings is 1. The van der Waals surface area contributed by atoms with E-state index < -0.39 is 24.1 Å². The SMILES string of the molecule is O=C(Nc1nn[nH]n1)c1ccc(CN(C(=O)Nc2nc3c(OC(F)(F)F)cccc3s2)c2ccc(C3CCCCC3)cc2)cc1. The lowest BCUT2D eigenvalue weighted by Gasteiger charge is -2.25. The number of fused-ring (bicyclic) bond motifs is 1. The monoisotopic (exact) mass is 636 g/mol. The Morgan fingerprint density at radius 2 is 1.73 bits per heavy atom. The number of anilines is 3. The molecule has 15 heteroatoms. The number of para-hydroxylation sites is 1. The number of aromatic amines is 1. The predicted octanol–water partition coefficient (Wildman–Crippen LogP) is 7.25. The molecule has 1 aliphatic carbocycles. The number of carbonyl (C=O) groups is 2. The largest absolute Gasteiger partial charge is 0.573 e. The number of alkyl halides is 3. The van der Waals surface area contributed by atoms with Crippen LogP contribution in [0.2, 0.25) is 0 Å². The number of halogens is 3. The van der Waals surface area contributed by atoms with Crippen LogP contribution >= 0.6 is 11.3 Å². The van der Waals surface area contributed by atoms with E-state index in [4.69, 9.17) is 0 Å². The number of nitrogens with one attached hydrogen (secondary N) is 3. The van der Waals surface area contributed by atoms with Gasteiger partial charge in [0.05, 0.1) is 11.2 Å². The first-order valence-electron chi connectivity index (χ1n) is 14.2. The summed E-state index contributed by atoms with van der Waals surface area (Å²) in [4.78, 5) is 32.0. The molecule has 3 N–H and O–H groups in total. The lowest BCUT2D eigenvalue weighted by molar-refractivity contribution is -0.274. The highest BCUT2D eigenvalue weighted by Crippen LogP contribution is 2.36. The number of ether oxygens (including phenoxy) is 1. The molecule has 11 nitrogen and oxygen atoms in total. The van der Waals surface area contributed by atoms with Crippen LogP contribution in [0.3, 0.4) is 0 Å². The molecule has 45 heavy (non-hydrogen) atoms. The van der Waals surface area contributed by atoms with Gasteiger partial charge >= 0.3 is 12.4 Å². The second-order valence-corrected chi connectivity index (χ2v) is 11.5. The lowest BCUT2D eigenvalue weighted by Crippen LogP contribution is -2.34. The summed E-state index contributed by atoms with van der Waals surface area (Å²) in [5.41, 5.74) is 2.91. The molecule has 3 aromatic carbocycles. The van der Waals surface area contributed by atoms with E-state index in [0.29, 0.717) is 21.9 Å². The Bertz CT molecular complexity index is 1770. The van der Waals surface area contributed by atoms with Crippen molar-refractivity contribution in [3.05, 3.63) is 83.4 Å². The molecule has 6 rings (SSSR count). The number of benzene rings is 3. The summed E-state index contributed by atoms with van der Waals surface area (Å²) in [5, 5.41) is 18.5. The Balaban J connectivity index is 1.24. The summed E-state index contributed by atoms with van der Waals surface area (Å²) in [6, 6.07) is 18.2. The molecule has 0 radical (unpaired) electrons. The summed E-state index contributed by atoms with van der Waals surface area (Å²) in [6.07, 6.45) is 1.02. The molecule has 2 heterocycles. The minimum absolute atomic E-state index is 0.00630. The number of carbonyl (C=O) groups excluding carboxylic acids is 2. The fourth-order valence-corrected chi connectivity index (χ4v) is 6.19. The minimum atomic E-state index is -4.88. The van der Waals surface area contributed by atoms with Gasteiger partial charge in [0.15, 0.2) is 10.9 Å². The van der Waals surface area contributed by atoms with Gasteiger partial charge in [-0.25, -0.2) is 9.78 Å². The van der Waals surface area contributed by atoms with Gasteiger partial charge in [0, 0.05) is 11.3 Å². The summed E-state index contributed by atoms with van der Waals surface area (Å²) >= 11 is 1.03. The lowest BCUT2D eigenvalue weighted by atomic mass is 9.84. The standard InChI is InChI=1S/C30H27F3N8O3S/c31-30(32,33)44-23-7-4-8-24-25(23)34-28(45-24)36-29(43)41(22-15-13-20(14-16-22)19-5-2-1-3-6-19)17-18-9-11-21(12-10-18)26(42)35-27-37-39-40-38-27/h4,7-16,19H,1-3,5-6,17H2,(H,34,36,43)(H2,35,37,38,39,40,42). The first-order valence-corrected chi connectivity index (χ1v) is 15.0.